The maximum atomic E-state index is 11.0. The third-order valence-electron chi connectivity index (χ3n) is 3.80. The summed E-state index contributed by atoms with van der Waals surface area (Å²) in [5, 5.41) is 12.4. The maximum absolute atomic E-state index is 11.0. The second-order valence-corrected chi connectivity index (χ2v) is 5.12. The molecule has 2 aromatic rings. The molecule has 1 aromatic heterocycles. The Morgan fingerprint density at radius 3 is 2.85 bits per heavy atom. The van der Waals surface area contributed by atoms with Crippen molar-refractivity contribution in [1.29, 1.82) is 0 Å². The van der Waals surface area contributed by atoms with Crippen LogP contribution in [0.1, 0.15) is 16.2 Å². The molecular formula is C14H18N4O2. The molecule has 3 rings (SSSR count). The Labute approximate surface area is 117 Å². The zero-order chi connectivity index (χ0) is 14.1. The largest absolute Gasteiger partial charge is 0.478 e. The summed E-state index contributed by atoms with van der Waals surface area (Å²) in [5.41, 5.74) is 2.00. The van der Waals surface area contributed by atoms with Crippen LogP contribution in [-0.2, 0) is 13.6 Å². The molecule has 1 aliphatic heterocycles. The minimum Gasteiger partial charge on any atom is -0.478 e. The van der Waals surface area contributed by atoms with Crippen LogP contribution in [-0.4, -0.2) is 51.7 Å². The van der Waals surface area contributed by atoms with Crippen LogP contribution >= 0.6 is 0 Å². The number of rotatable bonds is 3. The van der Waals surface area contributed by atoms with Gasteiger partial charge in [0.25, 0.3) is 0 Å². The molecule has 0 bridgehead atoms. The van der Waals surface area contributed by atoms with Gasteiger partial charge in [0, 0.05) is 33.2 Å². The van der Waals surface area contributed by atoms with Gasteiger partial charge in [-0.05, 0) is 18.2 Å². The van der Waals surface area contributed by atoms with Crippen molar-refractivity contribution in [2.24, 2.45) is 7.05 Å². The van der Waals surface area contributed by atoms with Crippen LogP contribution in [0.5, 0.6) is 0 Å². The van der Waals surface area contributed by atoms with Crippen LogP contribution in [0.2, 0.25) is 0 Å². The van der Waals surface area contributed by atoms with Crippen molar-refractivity contribution in [1.82, 2.24) is 19.8 Å². The van der Waals surface area contributed by atoms with Gasteiger partial charge in [0.2, 0.25) is 0 Å². The number of carbonyl (C=O) groups is 1. The number of aryl methyl sites for hydroxylation is 1. The molecule has 0 saturated carbocycles. The molecule has 20 heavy (non-hydrogen) atoms. The lowest BCUT2D eigenvalue weighted by Gasteiger charge is -2.26. The second kappa shape index (κ2) is 5.22. The fourth-order valence-electron chi connectivity index (χ4n) is 2.59. The summed E-state index contributed by atoms with van der Waals surface area (Å²) in [6.45, 7) is 4.85. The van der Waals surface area contributed by atoms with Crippen LogP contribution in [0.15, 0.2) is 18.2 Å². The maximum Gasteiger partial charge on any atom is 0.335 e. The molecular weight excluding hydrogens is 256 g/mol. The van der Waals surface area contributed by atoms with E-state index >= 15 is 0 Å². The first-order valence-electron chi connectivity index (χ1n) is 6.77. The van der Waals surface area contributed by atoms with E-state index in [1.807, 2.05) is 17.7 Å². The minimum absolute atomic E-state index is 0.282. The molecule has 106 valence electrons. The number of aromatic nitrogens is 2. The van der Waals surface area contributed by atoms with E-state index in [0.717, 1.165) is 49.6 Å². The number of hydrogen-bond donors (Lipinski definition) is 2. The Hall–Kier alpha value is -1.92. The highest BCUT2D eigenvalue weighted by Crippen LogP contribution is 2.18. The van der Waals surface area contributed by atoms with Gasteiger partial charge in [0.05, 0.1) is 23.1 Å². The van der Waals surface area contributed by atoms with Crippen molar-refractivity contribution in [2.75, 3.05) is 26.2 Å². The van der Waals surface area contributed by atoms with Crippen LogP contribution in [0.3, 0.4) is 0 Å². The van der Waals surface area contributed by atoms with Crippen molar-refractivity contribution in [3.63, 3.8) is 0 Å². The Morgan fingerprint density at radius 1 is 1.40 bits per heavy atom. The number of benzene rings is 1. The van der Waals surface area contributed by atoms with E-state index in [1.165, 1.54) is 0 Å². The average molecular weight is 274 g/mol. The van der Waals surface area contributed by atoms with E-state index < -0.39 is 5.97 Å². The number of piperazine rings is 1. The minimum atomic E-state index is -0.916. The molecule has 0 spiro atoms. The van der Waals surface area contributed by atoms with Gasteiger partial charge < -0.3 is 15.0 Å². The van der Waals surface area contributed by atoms with Gasteiger partial charge in [-0.1, -0.05) is 0 Å². The smallest absolute Gasteiger partial charge is 0.335 e. The van der Waals surface area contributed by atoms with Crippen LogP contribution < -0.4 is 5.32 Å². The summed E-state index contributed by atoms with van der Waals surface area (Å²) in [5.74, 6) is 0.0608. The molecule has 0 aliphatic carbocycles. The van der Waals surface area contributed by atoms with Crippen molar-refractivity contribution in [3.8, 4) is 0 Å². The van der Waals surface area contributed by atoms with Crippen molar-refractivity contribution < 1.29 is 9.90 Å². The topological polar surface area (TPSA) is 70.4 Å². The van der Waals surface area contributed by atoms with Gasteiger partial charge in [0.1, 0.15) is 5.82 Å². The zero-order valence-electron chi connectivity index (χ0n) is 11.5. The lowest BCUT2D eigenvalue weighted by molar-refractivity contribution is 0.0697. The standard InChI is InChI=1S/C14H18N4O2/c1-17-12-3-2-10(14(19)20)8-11(12)16-13(17)9-18-6-4-15-5-7-18/h2-3,8,15H,4-7,9H2,1H3,(H,19,20). The average Bonchev–Trinajstić information content (AvgIpc) is 2.76. The molecule has 1 aliphatic rings. The Kier molecular flexibility index (Phi) is 3.42. The molecule has 0 radical (unpaired) electrons. The highest BCUT2D eigenvalue weighted by atomic mass is 16.4. The van der Waals surface area contributed by atoms with E-state index in [-0.39, 0.29) is 5.56 Å². The lowest BCUT2D eigenvalue weighted by Crippen LogP contribution is -2.43. The number of carboxylic acid groups (broad SMARTS) is 1. The third kappa shape index (κ3) is 2.39. The summed E-state index contributed by atoms with van der Waals surface area (Å²) >= 11 is 0. The first-order chi connectivity index (χ1) is 9.65. The van der Waals surface area contributed by atoms with E-state index in [2.05, 4.69) is 15.2 Å². The molecule has 0 atom stereocenters. The lowest BCUT2D eigenvalue weighted by atomic mass is 10.2. The molecule has 0 amide bonds. The zero-order valence-corrected chi connectivity index (χ0v) is 11.5. The van der Waals surface area contributed by atoms with Crippen molar-refractivity contribution in [2.45, 2.75) is 6.54 Å². The number of nitrogens with zero attached hydrogens (tertiary/aromatic N) is 3. The normalized spacial score (nSPS) is 16.6. The summed E-state index contributed by atoms with van der Waals surface area (Å²) < 4.78 is 2.04. The Morgan fingerprint density at radius 2 is 2.15 bits per heavy atom. The van der Waals surface area contributed by atoms with Gasteiger partial charge >= 0.3 is 5.97 Å². The van der Waals surface area contributed by atoms with Gasteiger partial charge in [0.15, 0.2) is 0 Å². The SMILES string of the molecule is Cn1c(CN2CCNCC2)nc2cc(C(=O)O)ccc21. The Bertz CT molecular complexity index is 644. The van der Waals surface area contributed by atoms with Crippen LogP contribution in [0.25, 0.3) is 11.0 Å². The quantitative estimate of drug-likeness (QED) is 0.861. The second-order valence-electron chi connectivity index (χ2n) is 5.12. The van der Waals surface area contributed by atoms with Crippen molar-refractivity contribution in [3.05, 3.63) is 29.6 Å². The molecule has 1 fully saturated rings. The molecule has 2 heterocycles. The molecule has 2 N–H and O–H groups in total. The first-order valence-corrected chi connectivity index (χ1v) is 6.77. The summed E-state index contributed by atoms with van der Waals surface area (Å²) in [6, 6.07) is 5.09. The fourth-order valence-corrected chi connectivity index (χ4v) is 2.59. The number of carboxylic acids is 1. The summed E-state index contributed by atoms with van der Waals surface area (Å²) in [6.07, 6.45) is 0. The van der Waals surface area contributed by atoms with E-state index in [9.17, 15) is 4.79 Å². The number of imidazole rings is 1. The first kappa shape index (κ1) is 13.1. The molecule has 6 nitrogen and oxygen atoms in total. The number of aromatic carboxylic acids is 1. The van der Waals surface area contributed by atoms with E-state index in [4.69, 9.17) is 5.11 Å². The van der Waals surface area contributed by atoms with E-state index in [0.29, 0.717) is 0 Å². The fraction of sp³-hybridized carbons (Fsp3) is 0.429. The van der Waals surface area contributed by atoms with Crippen LogP contribution in [0, 0.1) is 0 Å². The highest BCUT2D eigenvalue weighted by molar-refractivity contribution is 5.92. The van der Waals surface area contributed by atoms with Crippen molar-refractivity contribution >= 4 is 17.0 Å². The third-order valence-corrected chi connectivity index (χ3v) is 3.80. The molecule has 0 unspecified atom stereocenters. The molecule has 1 aromatic carbocycles. The summed E-state index contributed by atoms with van der Waals surface area (Å²) in [7, 11) is 1.98. The number of nitrogens with one attached hydrogen (secondary N) is 1. The predicted octanol–water partition coefficient (Wildman–Crippen LogP) is 0.677. The van der Waals surface area contributed by atoms with Crippen LogP contribution in [0.4, 0.5) is 0 Å². The molecule has 6 heteroatoms. The van der Waals surface area contributed by atoms with Gasteiger partial charge in [-0.2, -0.15) is 0 Å². The Balaban J connectivity index is 1.91. The predicted molar refractivity (Wildman–Crippen MR) is 75.8 cm³/mol. The highest BCUT2D eigenvalue weighted by Gasteiger charge is 2.15. The van der Waals surface area contributed by atoms with E-state index in [1.54, 1.807) is 12.1 Å². The van der Waals surface area contributed by atoms with Gasteiger partial charge in [-0.25, -0.2) is 9.78 Å². The number of hydrogen-bond acceptors (Lipinski definition) is 4. The van der Waals surface area contributed by atoms with Gasteiger partial charge in [-0.3, -0.25) is 4.90 Å². The van der Waals surface area contributed by atoms with Gasteiger partial charge in [-0.15, -0.1) is 0 Å². The molecule has 1 saturated heterocycles. The summed E-state index contributed by atoms with van der Waals surface area (Å²) in [4.78, 5) is 17.9. The monoisotopic (exact) mass is 274 g/mol. The number of fused-ring (bicyclic) bond motifs is 1.